The van der Waals surface area contributed by atoms with E-state index in [2.05, 4.69) is 10.6 Å². The number of benzene rings is 1. The van der Waals surface area contributed by atoms with Crippen molar-refractivity contribution in [1.29, 1.82) is 0 Å². The molecule has 2 atom stereocenters. The van der Waals surface area contributed by atoms with Crippen LogP contribution in [0.15, 0.2) is 30.3 Å². The van der Waals surface area contributed by atoms with Gasteiger partial charge in [0.2, 0.25) is 5.91 Å². The number of primary amides is 1. The van der Waals surface area contributed by atoms with Gasteiger partial charge in [0.05, 0.1) is 12.5 Å². The molecule has 0 saturated heterocycles. The number of hydrogen-bond donors (Lipinski definition) is 4. The maximum atomic E-state index is 11.8. The van der Waals surface area contributed by atoms with Crippen molar-refractivity contribution in [3.8, 4) is 0 Å². The van der Waals surface area contributed by atoms with Crippen molar-refractivity contribution in [2.75, 3.05) is 0 Å². The minimum absolute atomic E-state index is 0.0162. The normalized spacial score (nSPS) is 13.0. The zero-order valence-corrected chi connectivity index (χ0v) is 11.7. The van der Waals surface area contributed by atoms with Crippen LogP contribution in [0.4, 0.5) is 4.79 Å². The van der Waals surface area contributed by atoms with Crippen LogP contribution >= 0.6 is 0 Å². The van der Waals surface area contributed by atoms with Crippen LogP contribution in [0.2, 0.25) is 0 Å². The minimum atomic E-state index is -1.02. The van der Waals surface area contributed by atoms with Crippen LogP contribution < -0.4 is 16.4 Å². The summed E-state index contributed by atoms with van der Waals surface area (Å²) in [5, 5.41) is 14.1. The van der Waals surface area contributed by atoms with Crippen molar-refractivity contribution in [2.45, 2.75) is 31.8 Å². The third-order valence-corrected chi connectivity index (χ3v) is 2.77. The van der Waals surface area contributed by atoms with Gasteiger partial charge in [0.1, 0.15) is 0 Å². The smallest absolute Gasteiger partial charge is 0.315 e. The Morgan fingerprint density at radius 3 is 2.29 bits per heavy atom. The Bertz CT molecular complexity index is 504. The van der Waals surface area contributed by atoms with Gasteiger partial charge in [-0.2, -0.15) is 0 Å². The molecule has 0 spiro atoms. The van der Waals surface area contributed by atoms with Crippen LogP contribution in [-0.2, 0) is 9.59 Å². The zero-order chi connectivity index (χ0) is 15.8. The SMILES string of the molecule is CC(CC(N)=O)NC(=O)NC(CC(=O)O)c1ccccc1. The second kappa shape index (κ2) is 7.88. The van der Waals surface area contributed by atoms with Crippen molar-refractivity contribution >= 4 is 17.9 Å². The number of carboxylic acid groups (broad SMARTS) is 1. The van der Waals surface area contributed by atoms with E-state index in [1.165, 1.54) is 0 Å². The summed E-state index contributed by atoms with van der Waals surface area (Å²) >= 11 is 0. The predicted molar refractivity (Wildman–Crippen MR) is 76.4 cm³/mol. The van der Waals surface area contributed by atoms with Crippen LogP contribution in [0.25, 0.3) is 0 Å². The van der Waals surface area contributed by atoms with Crippen molar-refractivity contribution in [3.63, 3.8) is 0 Å². The summed E-state index contributed by atoms with van der Waals surface area (Å²) in [6.07, 6.45) is -0.218. The number of aliphatic carboxylic acids is 1. The highest BCUT2D eigenvalue weighted by atomic mass is 16.4. The fraction of sp³-hybridized carbons (Fsp3) is 0.357. The molecule has 5 N–H and O–H groups in total. The number of hydrogen-bond acceptors (Lipinski definition) is 3. The molecule has 0 aliphatic rings. The van der Waals surface area contributed by atoms with E-state index in [1.54, 1.807) is 37.3 Å². The molecule has 7 heteroatoms. The highest BCUT2D eigenvalue weighted by molar-refractivity contribution is 5.78. The number of carboxylic acids is 1. The molecule has 114 valence electrons. The summed E-state index contributed by atoms with van der Waals surface area (Å²) < 4.78 is 0. The van der Waals surface area contributed by atoms with Crippen molar-refractivity contribution in [1.82, 2.24) is 10.6 Å². The molecule has 0 bridgehead atoms. The van der Waals surface area contributed by atoms with Crippen LogP contribution in [0, 0.1) is 0 Å². The lowest BCUT2D eigenvalue weighted by atomic mass is 10.0. The van der Waals surface area contributed by atoms with Gasteiger partial charge in [-0.3, -0.25) is 9.59 Å². The van der Waals surface area contributed by atoms with Crippen LogP contribution in [0.1, 0.15) is 31.4 Å². The molecule has 2 unspecified atom stereocenters. The molecular weight excluding hydrogens is 274 g/mol. The predicted octanol–water partition coefficient (Wildman–Crippen LogP) is 0.766. The molecule has 21 heavy (non-hydrogen) atoms. The number of carbonyl (C=O) groups excluding carboxylic acids is 2. The summed E-state index contributed by atoms with van der Waals surface area (Å²) in [5.74, 6) is -1.54. The van der Waals surface area contributed by atoms with Gasteiger partial charge in [0.25, 0.3) is 0 Å². The number of nitrogens with one attached hydrogen (secondary N) is 2. The van der Waals surface area contributed by atoms with E-state index in [0.717, 1.165) is 0 Å². The van der Waals surface area contributed by atoms with Gasteiger partial charge in [-0.25, -0.2) is 4.79 Å². The minimum Gasteiger partial charge on any atom is -0.481 e. The first-order chi connectivity index (χ1) is 9.88. The van der Waals surface area contributed by atoms with E-state index in [4.69, 9.17) is 10.8 Å². The lowest BCUT2D eigenvalue weighted by molar-refractivity contribution is -0.137. The molecule has 1 aromatic rings. The molecule has 0 fully saturated rings. The lowest BCUT2D eigenvalue weighted by Crippen LogP contribution is -2.44. The highest BCUT2D eigenvalue weighted by Crippen LogP contribution is 2.16. The van der Waals surface area contributed by atoms with Crippen molar-refractivity contribution in [2.24, 2.45) is 5.73 Å². The summed E-state index contributed by atoms with van der Waals surface area (Å²) in [7, 11) is 0. The van der Waals surface area contributed by atoms with Gasteiger partial charge in [-0.1, -0.05) is 30.3 Å². The Morgan fingerprint density at radius 1 is 1.14 bits per heavy atom. The number of rotatable bonds is 7. The molecular formula is C14H19N3O4. The average molecular weight is 293 g/mol. The van der Waals surface area contributed by atoms with Gasteiger partial charge in [0, 0.05) is 12.5 Å². The maximum Gasteiger partial charge on any atom is 0.315 e. The number of carbonyl (C=O) groups is 3. The Kier molecular flexibility index (Phi) is 6.19. The second-order valence-electron chi connectivity index (χ2n) is 4.75. The molecule has 0 heterocycles. The third kappa shape index (κ3) is 6.42. The van der Waals surface area contributed by atoms with Gasteiger partial charge >= 0.3 is 12.0 Å². The summed E-state index contributed by atoms with van der Waals surface area (Å²) in [6, 6.07) is 7.18. The van der Waals surface area contributed by atoms with Crippen molar-refractivity contribution in [3.05, 3.63) is 35.9 Å². The molecule has 1 rings (SSSR count). The molecule has 0 aliphatic carbocycles. The first kappa shape index (κ1) is 16.5. The number of amides is 3. The summed E-state index contributed by atoms with van der Waals surface area (Å²) in [6.45, 7) is 1.64. The zero-order valence-electron chi connectivity index (χ0n) is 11.7. The van der Waals surface area contributed by atoms with E-state index in [1.807, 2.05) is 0 Å². The number of nitrogens with two attached hydrogens (primary N) is 1. The third-order valence-electron chi connectivity index (χ3n) is 2.77. The fourth-order valence-electron chi connectivity index (χ4n) is 1.89. The van der Waals surface area contributed by atoms with Crippen LogP contribution in [-0.4, -0.2) is 29.1 Å². The molecule has 0 saturated carbocycles. The molecule has 0 aliphatic heterocycles. The Balaban J connectivity index is 2.66. The lowest BCUT2D eigenvalue weighted by Gasteiger charge is -2.19. The van der Waals surface area contributed by atoms with Gasteiger partial charge in [-0.05, 0) is 12.5 Å². The van der Waals surface area contributed by atoms with Crippen molar-refractivity contribution < 1.29 is 19.5 Å². The second-order valence-corrected chi connectivity index (χ2v) is 4.75. The fourth-order valence-corrected chi connectivity index (χ4v) is 1.89. The van der Waals surface area contributed by atoms with E-state index in [0.29, 0.717) is 5.56 Å². The highest BCUT2D eigenvalue weighted by Gasteiger charge is 2.19. The quantitative estimate of drug-likeness (QED) is 0.593. The topological polar surface area (TPSA) is 122 Å². The van der Waals surface area contributed by atoms with Gasteiger partial charge < -0.3 is 21.5 Å². The average Bonchev–Trinajstić information content (AvgIpc) is 2.37. The molecule has 0 radical (unpaired) electrons. The first-order valence-electron chi connectivity index (χ1n) is 6.50. The molecule has 7 nitrogen and oxygen atoms in total. The standard InChI is InChI=1S/C14H19N3O4/c1-9(7-12(15)18)16-14(21)17-11(8-13(19)20)10-5-3-2-4-6-10/h2-6,9,11H,7-8H2,1H3,(H2,15,18)(H,19,20)(H2,16,17,21). The maximum absolute atomic E-state index is 11.8. The van der Waals surface area contributed by atoms with Gasteiger partial charge in [-0.15, -0.1) is 0 Å². The Labute approximate surface area is 122 Å². The van der Waals surface area contributed by atoms with Gasteiger partial charge in [0.15, 0.2) is 0 Å². The molecule has 0 aromatic heterocycles. The Morgan fingerprint density at radius 2 is 1.76 bits per heavy atom. The summed E-state index contributed by atoms with van der Waals surface area (Å²) in [5.41, 5.74) is 5.73. The number of urea groups is 1. The first-order valence-corrected chi connectivity index (χ1v) is 6.50. The Hall–Kier alpha value is -2.57. The van der Waals surface area contributed by atoms with E-state index in [9.17, 15) is 14.4 Å². The molecule has 3 amide bonds. The van der Waals surface area contributed by atoms with E-state index < -0.39 is 30.0 Å². The van der Waals surface area contributed by atoms with E-state index in [-0.39, 0.29) is 12.8 Å². The molecule has 1 aromatic carbocycles. The largest absolute Gasteiger partial charge is 0.481 e. The summed E-state index contributed by atoms with van der Waals surface area (Å²) in [4.78, 5) is 33.5. The van der Waals surface area contributed by atoms with Crippen LogP contribution in [0.3, 0.4) is 0 Å². The van der Waals surface area contributed by atoms with E-state index >= 15 is 0 Å². The monoisotopic (exact) mass is 293 g/mol. The van der Waals surface area contributed by atoms with Crippen LogP contribution in [0.5, 0.6) is 0 Å².